The van der Waals surface area contributed by atoms with Crippen LogP contribution in [-0.2, 0) is 4.79 Å². The van der Waals surface area contributed by atoms with Crippen molar-refractivity contribution in [3.63, 3.8) is 0 Å². The van der Waals surface area contributed by atoms with Crippen molar-refractivity contribution in [1.29, 1.82) is 0 Å². The molecule has 2 aliphatic heterocycles. The van der Waals surface area contributed by atoms with Crippen LogP contribution in [0.15, 0.2) is 0 Å². The number of carbonyl (C=O) groups is 1. The van der Waals surface area contributed by atoms with Gasteiger partial charge in [-0.1, -0.05) is 19.3 Å². The SMILES string of the molecule is Cl.Cl.O=C(CC1CCCN1)NCC1(N2CCSCC2)CCCCC1. The molecule has 0 aromatic heterocycles. The van der Waals surface area contributed by atoms with Crippen LogP contribution in [0.5, 0.6) is 0 Å². The van der Waals surface area contributed by atoms with E-state index in [-0.39, 0.29) is 36.3 Å². The van der Waals surface area contributed by atoms with Crippen LogP contribution in [0, 0.1) is 0 Å². The van der Waals surface area contributed by atoms with Gasteiger partial charge in [0.05, 0.1) is 0 Å². The Kier molecular flexibility index (Phi) is 10.4. The number of thioether (sulfide) groups is 1. The summed E-state index contributed by atoms with van der Waals surface area (Å²) < 4.78 is 0. The molecular weight excluding hydrogens is 365 g/mol. The van der Waals surface area contributed by atoms with Gasteiger partial charge in [0.2, 0.25) is 5.91 Å². The molecule has 2 heterocycles. The van der Waals surface area contributed by atoms with Gasteiger partial charge in [-0.3, -0.25) is 9.69 Å². The maximum atomic E-state index is 12.3. The van der Waals surface area contributed by atoms with E-state index in [0.717, 1.165) is 19.5 Å². The van der Waals surface area contributed by atoms with Crippen LogP contribution in [0.3, 0.4) is 0 Å². The molecule has 7 heteroatoms. The summed E-state index contributed by atoms with van der Waals surface area (Å²) in [7, 11) is 0. The molecule has 1 atom stereocenters. The number of rotatable bonds is 5. The minimum absolute atomic E-state index is 0. The van der Waals surface area contributed by atoms with E-state index in [1.165, 1.54) is 63.1 Å². The van der Waals surface area contributed by atoms with Gasteiger partial charge >= 0.3 is 0 Å². The van der Waals surface area contributed by atoms with E-state index in [0.29, 0.717) is 12.5 Å². The maximum Gasteiger partial charge on any atom is 0.221 e. The molecule has 24 heavy (non-hydrogen) atoms. The summed E-state index contributed by atoms with van der Waals surface area (Å²) in [4.78, 5) is 15.0. The molecule has 2 saturated heterocycles. The molecule has 0 spiro atoms. The molecular formula is C17H33Cl2N3OS. The van der Waals surface area contributed by atoms with Crippen molar-refractivity contribution in [2.45, 2.75) is 62.9 Å². The Labute approximate surface area is 163 Å². The van der Waals surface area contributed by atoms with E-state index in [9.17, 15) is 4.79 Å². The number of carbonyl (C=O) groups excluding carboxylic acids is 1. The minimum atomic E-state index is 0. The van der Waals surface area contributed by atoms with E-state index in [1.807, 2.05) is 0 Å². The lowest BCUT2D eigenvalue weighted by atomic mass is 9.80. The van der Waals surface area contributed by atoms with Crippen LogP contribution in [0.2, 0.25) is 0 Å². The van der Waals surface area contributed by atoms with Gasteiger partial charge in [-0.25, -0.2) is 0 Å². The van der Waals surface area contributed by atoms with Crippen LogP contribution >= 0.6 is 36.6 Å². The fourth-order valence-electron chi connectivity index (χ4n) is 4.34. The van der Waals surface area contributed by atoms with Gasteiger partial charge in [0.25, 0.3) is 0 Å². The number of hydrogen-bond donors (Lipinski definition) is 2. The normalized spacial score (nSPS) is 26.9. The number of halogens is 2. The molecule has 3 rings (SSSR count). The largest absolute Gasteiger partial charge is 0.354 e. The van der Waals surface area contributed by atoms with Crippen LogP contribution in [0.4, 0.5) is 0 Å². The highest BCUT2D eigenvalue weighted by Crippen LogP contribution is 2.34. The van der Waals surface area contributed by atoms with E-state index in [1.54, 1.807) is 0 Å². The summed E-state index contributed by atoms with van der Waals surface area (Å²) in [5, 5.41) is 6.71. The molecule has 3 aliphatic rings. The highest BCUT2D eigenvalue weighted by molar-refractivity contribution is 7.99. The zero-order valence-corrected chi connectivity index (χ0v) is 17.0. The summed E-state index contributed by atoms with van der Waals surface area (Å²) >= 11 is 2.07. The number of amides is 1. The Morgan fingerprint density at radius 3 is 2.46 bits per heavy atom. The average molecular weight is 398 g/mol. The Hall–Kier alpha value is 0.320. The summed E-state index contributed by atoms with van der Waals surface area (Å²) in [6.45, 7) is 4.34. The monoisotopic (exact) mass is 397 g/mol. The summed E-state index contributed by atoms with van der Waals surface area (Å²) in [5.74, 6) is 2.75. The average Bonchev–Trinajstić information content (AvgIpc) is 3.08. The molecule has 0 radical (unpaired) electrons. The van der Waals surface area contributed by atoms with Gasteiger partial charge in [-0.15, -0.1) is 24.8 Å². The Morgan fingerprint density at radius 1 is 1.12 bits per heavy atom. The molecule has 1 amide bonds. The van der Waals surface area contributed by atoms with Crippen LogP contribution in [0.1, 0.15) is 51.4 Å². The third-order valence-corrected chi connectivity index (χ3v) is 6.62. The van der Waals surface area contributed by atoms with Crippen LogP contribution in [-0.4, -0.2) is 60.1 Å². The summed E-state index contributed by atoms with van der Waals surface area (Å²) in [5.41, 5.74) is 0.248. The first kappa shape index (κ1) is 22.4. The predicted octanol–water partition coefficient (Wildman–Crippen LogP) is 2.84. The number of nitrogens with zero attached hydrogens (tertiary/aromatic N) is 1. The highest BCUT2D eigenvalue weighted by atomic mass is 35.5. The zero-order chi connectivity index (χ0) is 15.3. The fourth-order valence-corrected chi connectivity index (χ4v) is 5.25. The summed E-state index contributed by atoms with van der Waals surface area (Å²) in [6, 6.07) is 0.411. The van der Waals surface area contributed by atoms with E-state index in [4.69, 9.17) is 0 Å². The Balaban J connectivity index is 0.00000144. The molecule has 3 fully saturated rings. The van der Waals surface area contributed by atoms with Crippen LogP contribution < -0.4 is 10.6 Å². The van der Waals surface area contributed by atoms with E-state index < -0.39 is 0 Å². The first-order valence-corrected chi connectivity index (χ1v) is 10.3. The van der Waals surface area contributed by atoms with Gasteiger partial charge in [0.15, 0.2) is 0 Å². The Bertz CT molecular complexity index is 369. The first-order chi connectivity index (χ1) is 10.8. The van der Waals surface area contributed by atoms with Gasteiger partial charge in [-0.2, -0.15) is 11.8 Å². The van der Waals surface area contributed by atoms with Crippen molar-refractivity contribution in [2.75, 3.05) is 37.7 Å². The molecule has 2 N–H and O–H groups in total. The molecule has 142 valence electrons. The van der Waals surface area contributed by atoms with Gasteiger partial charge in [0, 0.05) is 49.1 Å². The smallest absolute Gasteiger partial charge is 0.221 e. The van der Waals surface area contributed by atoms with Crippen molar-refractivity contribution in [1.82, 2.24) is 15.5 Å². The quantitative estimate of drug-likeness (QED) is 0.748. The first-order valence-electron chi connectivity index (χ1n) is 9.11. The number of nitrogens with one attached hydrogen (secondary N) is 2. The fraction of sp³-hybridized carbons (Fsp3) is 0.941. The maximum absolute atomic E-state index is 12.3. The minimum Gasteiger partial charge on any atom is -0.354 e. The molecule has 1 aliphatic carbocycles. The molecule has 0 aromatic rings. The Morgan fingerprint density at radius 2 is 1.83 bits per heavy atom. The lowest BCUT2D eigenvalue weighted by molar-refractivity contribution is -0.122. The molecule has 4 nitrogen and oxygen atoms in total. The third-order valence-electron chi connectivity index (χ3n) is 5.67. The second-order valence-electron chi connectivity index (χ2n) is 7.16. The van der Waals surface area contributed by atoms with E-state index >= 15 is 0 Å². The topological polar surface area (TPSA) is 44.4 Å². The second kappa shape index (κ2) is 11.1. The standard InChI is InChI=1S/C17H31N3OS.2ClH/c21-16(13-15-5-4-8-18-15)19-14-17(6-2-1-3-7-17)20-9-11-22-12-10-20;;/h15,18H,1-14H2,(H,19,21);2*1H. The van der Waals surface area contributed by atoms with Crippen molar-refractivity contribution >= 4 is 42.5 Å². The number of hydrogen-bond acceptors (Lipinski definition) is 4. The third kappa shape index (κ3) is 5.94. The molecule has 0 bridgehead atoms. The van der Waals surface area contributed by atoms with Crippen molar-refractivity contribution in [2.24, 2.45) is 0 Å². The highest BCUT2D eigenvalue weighted by Gasteiger charge is 2.38. The van der Waals surface area contributed by atoms with Gasteiger partial charge in [0.1, 0.15) is 0 Å². The zero-order valence-electron chi connectivity index (χ0n) is 14.6. The predicted molar refractivity (Wildman–Crippen MR) is 108 cm³/mol. The molecule has 1 unspecified atom stereocenters. The van der Waals surface area contributed by atoms with Gasteiger partial charge in [-0.05, 0) is 32.2 Å². The van der Waals surface area contributed by atoms with Crippen LogP contribution in [0.25, 0.3) is 0 Å². The molecule has 0 aromatic carbocycles. The lowest BCUT2D eigenvalue weighted by Gasteiger charge is -2.48. The van der Waals surface area contributed by atoms with E-state index in [2.05, 4.69) is 27.3 Å². The lowest BCUT2D eigenvalue weighted by Crippen LogP contribution is -2.59. The molecule has 1 saturated carbocycles. The van der Waals surface area contributed by atoms with Crippen molar-refractivity contribution in [3.05, 3.63) is 0 Å². The van der Waals surface area contributed by atoms with Gasteiger partial charge < -0.3 is 10.6 Å². The second-order valence-corrected chi connectivity index (χ2v) is 8.38. The van der Waals surface area contributed by atoms with Crippen molar-refractivity contribution < 1.29 is 4.79 Å². The summed E-state index contributed by atoms with van der Waals surface area (Å²) in [6.07, 6.45) is 9.57. The van der Waals surface area contributed by atoms with Crippen molar-refractivity contribution in [3.8, 4) is 0 Å².